The zero-order valence-corrected chi connectivity index (χ0v) is 13.6. The minimum absolute atomic E-state index is 0.0159. The summed E-state index contributed by atoms with van der Waals surface area (Å²) in [5.74, 6) is 1.47. The number of aromatic amines is 1. The second-order valence-electron chi connectivity index (χ2n) is 5.62. The van der Waals surface area contributed by atoms with E-state index in [1.165, 1.54) is 0 Å². The number of hydrogen-bond acceptors (Lipinski definition) is 4. The number of imidazole rings is 1. The largest absolute Gasteiger partial charge is 0.334 e. The highest BCUT2D eigenvalue weighted by Gasteiger charge is 2.34. The highest BCUT2D eigenvalue weighted by Crippen LogP contribution is 2.42. The molecule has 2 N–H and O–H groups in total. The molecule has 0 saturated carbocycles. The molecule has 7 heteroatoms. The molecule has 3 aromatic heterocycles. The third kappa shape index (κ3) is 2.37. The number of nitrogens with one attached hydrogen (secondary N) is 2. The molecule has 1 amide bonds. The molecule has 0 saturated heterocycles. The number of carbonyl (C=O) groups excluding carboxylic acids is 1. The van der Waals surface area contributed by atoms with Crippen LogP contribution >= 0.6 is 11.3 Å². The van der Waals surface area contributed by atoms with Gasteiger partial charge in [-0.2, -0.15) is 5.10 Å². The van der Waals surface area contributed by atoms with Crippen LogP contribution in [0.25, 0.3) is 10.6 Å². The third-order valence-electron chi connectivity index (χ3n) is 4.09. The number of amides is 1. The molecule has 23 heavy (non-hydrogen) atoms. The van der Waals surface area contributed by atoms with E-state index in [-0.39, 0.29) is 11.8 Å². The Labute approximate surface area is 137 Å². The predicted octanol–water partition coefficient (Wildman–Crippen LogP) is 3.22. The predicted molar refractivity (Wildman–Crippen MR) is 89.5 cm³/mol. The Hall–Kier alpha value is -2.41. The number of H-pyrrole nitrogens is 1. The van der Waals surface area contributed by atoms with Crippen LogP contribution < -0.4 is 5.32 Å². The van der Waals surface area contributed by atoms with Gasteiger partial charge >= 0.3 is 0 Å². The zero-order chi connectivity index (χ0) is 15.8. The average molecular weight is 327 g/mol. The quantitative estimate of drug-likeness (QED) is 0.772. The highest BCUT2D eigenvalue weighted by atomic mass is 32.1. The van der Waals surface area contributed by atoms with Crippen molar-refractivity contribution in [2.24, 2.45) is 0 Å². The van der Waals surface area contributed by atoms with E-state index in [1.54, 1.807) is 11.3 Å². The van der Waals surface area contributed by atoms with Gasteiger partial charge in [0.05, 0.1) is 16.5 Å². The summed E-state index contributed by atoms with van der Waals surface area (Å²) >= 11 is 1.66. The van der Waals surface area contributed by atoms with Gasteiger partial charge < -0.3 is 9.88 Å². The maximum absolute atomic E-state index is 12.1. The summed E-state index contributed by atoms with van der Waals surface area (Å²) in [5.41, 5.74) is 2.02. The first-order valence-electron chi connectivity index (χ1n) is 7.71. The molecule has 118 valence electrons. The van der Waals surface area contributed by atoms with Crippen molar-refractivity contribution in [3.05, 3.63) is 41.3 Å². The van der Waals surface area contributed by atoms with Gasteiger partial charge in [0.1, 0.15) is 5.82 Å². The van der Waals surface area contributed by atoms with Crippen molar-refractivity contribution >= 4 is 23.1 Å². The van der Waals surface area contributed by atoms with Crippen LogP contribution in [0.5, 0.6) is 0 Å². The molecule has 0 radical (unpaired) electrons. The fourth-order valence-corrected chi connectivity index (χ4v) is 3.88. The van der Waals surface area contributed by atoms with Gasteiger partial charge in [-0.3, -0.25) is 9.89 Å². The summed E-state index contributed by atoms with van der Waals surface area (Å²) < 4.78 is 2.14. The first-order chi connectivity index (χ1) is 11.3. The summed E-state index contributed by atoms with van der Waals surface area (Å²) in [7, 11) is 0. The molecule has 4 rings (SSSR count). The number of thiophene rings is 1. The van der Waals surface area contributed by atoms with E-state index in [2.05, 4.69) is 38.1 Å². The lowest BCUT2D eigenvalue weighted by Crippen LogP contribution is -2.25. The molecule has 0 aliphatic carbocycles. The number of fused-ring (bicyclic) bond motifs is 1. The van der Waals surface area contributed by atoms with E-state index >= 15 is 0 Å². The molecule has 3 aromatic rings. The molecule has 0 aromatic carbocycles. The van der Waals surface area contributed by atoms with Gasteiger partial charge in [0, 0.05) is 30.9 Å². The fraction of sp³-hybridized carbons (Fsp3) is 0.312. The van der Waals surface area contributed by atoms with Crippen molar-refractivity contribution in [1.29, 1.82) is 0 Å². The molecule has 1 atom stereocenters. The van der Waals surface area contributed by atoms with Crippen LogP contribution in [0.3, 0.4) is 0 Å². The van der Waals surface area contributed by atoms with Gasteiger partial charge in [-0.1, -0.05) is 13.0 Å². The van der Waals surface area contributed by atoms with Gasteiger partial charge in [-0.15, -0.1) is 11.3 Å². The van der Waals surface area contributed by atoms with E-state index in [9.17, 15) is 4.79 Å². The lowest BCUT2D eigenvalue weighted by atomic mass is 9.90. The average Bonchev–Trinajstić information content (AvgIpc) is 3.26. The molecule has 0 bridgehead atoms. The molecule has 1 aliphatic rings. The van der Waals surface area contributed by atoms with Gasteiger partial charge in [0.2, 0.25) is 5.91 Å². The first kappa shape index (κ1) is 14.2. The van der Waals surface area contributed by atoms with Gasteiger partial charge in [-0.25, -0.2) is 4.98 Å². The van der Waals surface area contributed by atoms with Crippen LogP contribution in [0, 0.1) is 0 Å². The van der Waals surface area contributed by atoms with E-state index in [1.807, 2.05) is 23.8 Å². The summed E-state index contributed by atoms with van der Waals surface area (Å²) in [6.07, 6.45) is 5.21. The smallest absolute Gasteiger partial charge is 0.226 e. The third-order valence-corrected chi connectivity index (χ3v) is 4.98. The molecular weight excluding hydrogens is 310 g/mol. The number of aryl methyl sites for hydroxylation is 1. The first-order valence-corrected chi connectivity index (χ1v) is 8.59. The maximum atomic E-state index is 12.1. The van der Waals surface area contributed by atoms with Crippen molar-refractivity contribution in [2.75, 3.05) is 5.32 Å². The number of rotatable bonds is 4. The Kier molecular flexibility index (Phi) is 3.49. The molecule has 1 aliphatic heterocycles. The monoisotopic (exact) mass is 327 g/mol. The summed E-state index contributed by atoms with van der Waals surface area (Å²) in [5, 5.41) is 12.3. The van der Waals surface area contributed by atoms with E-state index < -0.39 is 0 Å². The van der Waals surface area contributed by atoms with Crippen molar-refractivity contribution < 1.29 is 4.79 Å². The Morgan fingerprint density at radius 1 is 1.48 bits per heavy atom. The Balaban J connectivity index is 1.85. The topological polar surface area (TPSA) is 75.6 Å². The Morgan fingerprint density at radius 2 is 2.39 bits per heavy atom. The second kappa shape index (κ2) is 5.66. The number of hydrogen-bond donors (Lipinski definition) is 2. The van der Waals surface area contributed by atoms with E-state index in [0.29, 0.717) is 12.2 Å². The van der Waals surface area contributed by atoms with Gasteiger partial charge in [-0.05, 0) is 17.9 Å². The van der Waals surface area contributed by atoms with Crippen molar-refractivity contribution in [1.82, 2.24) is 19.7 Å². The van der Waals surface area contributed by atoms with Crippen molar-refractivity contribution in [3.8, 4) is 10.6 Å². The minimum Gasteiger partial charge on any atom is -0.334 e. The lowest BCUT2D eigenvalue weighted by molar-refractivity contribution is -0.116. The molecule has 0 unspecified atom stereocenters. The molecule has 0 spiro atoms. The SMILES string of the molecule is CCCn1ccnc1[C@H]1CC(=O)Nc2n[nH]c(-c3cccs3)c21. The number of anilines is 1. The molecule has 4 heterocycles. The molecule has 0 fully saturated rings. The van der Waals surface area contributed by atoms with Crippen molar-refractivity contribution in [3.63, 3.8) is 0 Å². The normalized spacial score (nSPS) is 17.1. The van der Waals surface area contributed by atoms with Crippen LogP contribution in [-0.2, 0) is 11.3 Å². The van der Waals surface area contributed by atoms with E-state index in [0.717, 1.165) is 34.9 Å². The van der Waals surface area contributed by atoms with E-state index in [4.69, 9.17) is 0 Å². The number of nitrogens with zero attached hydrogens (tertiary/aromatic N) is 3. The summed E-state index contributed by atoms with van der Waals surface area (Å²) in [6, 6.07) is 4.08. The molecule has 6 nitrogen and oxygen atoms in total. The van der Waals surface area contributed by atoms with Gasteiger partial charge in [0.15, 0.2) is 5.82 Å². The van der Waals surface area contributed by atoms with Crippen LogP contribution in [0.4, 0.5) is 5.82 Å². The zero-order valence-electron chi connectivity index (χ0n) is 12.7. The molecular formula is C16H17N5OS. The lowest BCUT2D eigenvalue weighted by Gasteiger charge is -2.23. The minimum atomic E-state index is -0.0730. The van der Waals surface area contributed by atoms with Crippen molar-refractivity contribution in [2.45, 2.75) is 32.2 Å². The van der Waals surface area contributed by atoms with Crippen LogP contribution in [-0.4, -0.2) is 25.7 Å². The fourth-order valence-electron chi connectivity index (χ4n) is 3.15. The summed E-state index contributed by atoms with van der Waals surface area (Å²) in [6.45, 7) is 3.03. The van der Waals surface area contributed by atoms with Gasteiger partial charge in [0.25, 0.3) is 0 Å². The Bertz CT molecular complexity index is 833. The van der Waals surface area contributed by atoms with Crippen LogP contribution in [0.15, 0.2) is 29.9 Å². The second-order valence-corrected chi connectivity index (χ2v) is 6.57. The Morgan fingerprint density at radius 3 is 3.17 bits per heavy atom. The standard InChI is InChI=1S/C16H17N5OS/c1-2-6-21-7-5-17-16(21)10-9-12(22)18-15-13(10)14(19-20-15)11-4-3-8-23-11/h3-5,7-8,10H,2,6,9H2,1H3,(H2,18,19,20,22)/t10-/m0/s1. The number of aromatic nitrogens is 4. The summed E-state index contributed by atoms with van der Waals surface area (Å²) in [4.78, 5) is 17.8. The number of carbonyl (C=O) groups is 1. The van der Waals surface area contributed by atoms with Crippen LogP contribution in [0.2, 0.25) is 0 Å². The maximum Gasteiger partial charge on any atom is 0.226 e. The van der Waals surface area contributed by atoms with Crippen LogP contribution in [0.1, 0.15) is 37.1 Å². The highest BCUT2D eigenvalue weighted by molar-refractivity contribution is 7.13.